The number of rotatable bonds is 4. The minimum atomic E-state index is -4.41. The van der Waals surface area contributed by atoms with Crippen LogP contribution in [0.25, 0.3) is 43.4 Å². The van der Waals surface area contributed by atoms with E-state index < -0.39 is 11.7 Å². The van der Waals surface area contributed by atoms with Gasteiger partial charge < -0.3 is 5.32 Å². The Morgan fingerprint density at radius 3 is 2.11 bits per heavy atom. The molecule has 0 aliphatic rings. The lowest BCUT2D eigenvalue weighted by Crippen LogP contribution is -2.23. The molecule has 5 aromatic carbocycles. The van der Waals surface area contributed by atoms with Gasteiger partial charge in [-0.15, -0.1) is 0 Å². The van der Waals surface area contributed by atoms with Gasteiger partial charge >= 0.3 is 6.18 Å². The predicted octanol–water partition coefficient (Wildman–Crippen LogP) is 8.16. The standard InChI is InChI=1S/C32H21F3N2O/c33-32(34,35)26-11-8-20(9-12-26)30-28-13-10-23(31(38)37-19-27-7-3-4-14-36-27)16-24(28)17-25-15-21-5-1-2-6-22(21)18-29(25)30/h1-18H,19H2,(H,37,38). The molecule has 186 valence electrons. The van der Waals surface area contributed by atoms with Crippen molar-refractivity contribution in [2.75, 3.05) is 0 Å². The average Bonchev–Trinajstić information content (AvgIpc) is 2.93. The van der Waals surface area contributed by atoms with Gasteiger partial charge in [0.05, 0.1) is 17.8 Å². The molecule has 6 heteroatoms. The fourth-order valence-corrected chi connectivity index (χ4v) is 4.87. The zero-order valence-corrected chi connectivity index (χ0v) is 20.1. The Balaban J connectivity index is 1.50. The molecule has 1 heterocycles. The van der Waals surface area contributed by atoms with E-state index in [4.69, 9.17) is 0 Å². The first-order chi connectivity index (χ1) is 18.4. The van der Waals surface area contributed by atoms with Gasteiger partial charge in [-0.25, -0.2) is 0 Å². The van der Waals surface area contributed by atoms with Gasteiger partial charge in [0.1, 0.15) is 0 Å². The molecule has 1 amide bonds. The molecule has 0 radical (unpaired) electrons. The van der Waals surface area contributed by atoms with Gasteiger partial charge in [0, 0.05) is 11.8 Å². The molecule has 0 fully saturated rings. The zero-order chi connectivity index (χ0) is 26.3. The summed E-state index contributed by atoms with van der Waals surface area (Å²) in [6.45, 7) is 0.304. The quantitative estimate of drug-likeness (QED) is 0.245. The van der Waals surface area contributed by atoms with Crippen molar-refractivity contribution in [3.05, 3.63) is 126 Å². The van der Waals surface area contributed by atoms with Crippen LogP contribution in [0.4, 0.5) is 13.2 Å². The number of carbonyl (C=O) groups is 1. The lowest BCUT2D eigenvalue weighted by Gasteiger charge is -2.15. The largest absolute Gasteiger partial charge is 0.416 e. The molecule has 0 aliphatic heterocycles. The topological polar surface area (TPSA) is 42.0 Å². The van der Waals surface area contributed by atoms with Crippen LogP contribution < -0.4 is 5.32 Å². The summed E-state index contributed by atoms with van der Waals surface area (Å²) < 4.78 is 39.8. The molecule has 1 aromatic heterocycles. The summed E-state index contributed by atoms with van der Waals surface area (Å²) in [6, 6.07) is 30.4. The van der Waals surface area contributed by atoms with Crippen molar-refractivity contribution in [2.45, 2.75) is 12.7 Å². The molecule has 0 bridgehead atoms. The van der Waals surface area contributed by atoms with Crippen molar-refractivity contribution in [1.82, 2.24) is 10.3 Å². The van der Waals surface area contributed by atoms with Gasteiger partial charge in [0.25, 0.3) is 5.91 Å². The summed E-state index contributed by atoms with van der Waals surface area (Å²) in [5, 5.41) is 8.55. The second kappa shape index (κ2) is 9.30. The molecule has 0 atom stereocenters. The highest BCUT2D eigenvalue weighted by Gasteiger charge is 2.30. The van der Waals surface area contributed by atoms with Crippen LogP contribution in [0, 0.1) is 0 Å². The second-order valence-corrected chi connectivity index (χ2v) is 9.19. The molecule has 6 aromatic rings. The van der Waals surface area contributed by atoms with E-state index in [0.717, 1.165) is 55.7 Å². The van der Waals surface area contributed by atoms with E-state index in [9.17, 15) is 18.0 Å². The fourth-order valence-electron chi connectivity index (χ4n) is 4.87. The summed E-state index contributed by atoms with van der Waals surface area (Å²) in [5.41, 5.74) is 2.06. The van der Waals surface area contributed by atoms with Gasteiger partial charge in [-0.05, 0) is 98.0 Å². The first-order valence-corrected chi connectivity index (χ1v) is 12.1. The summed E-state index contributed by atoms with van der Waals surface area (Å²) >= 11 is 0. The Hall–Kier alpha value is -4.71. The molecule has 3 nitrogen and oxygen atoms in total. The van der Waals surface area contributed by atoms with E-state index in [1.54, 1.807) is 12.3 Å². The van der Waals surface area contributed by atoms with Crippen LogP contribution in [0.5, 0.6) is 0 Å². The third-order valence-electron chi connectivity index (χ3n) is 6.74. The van der Waals surface area contributed by atoms with Gasteiger partial charge in [-0.3, -0.25) is 9.78 Å². The Morgan fingerprint density at radius 2 is 1.39 bits per heavy atom. The third kappa shape index (κ3) is 4.45. The van der Waals surface area contributed by atoms with Crippen LogP contribution in [0.15, 0.2) is 109 Å². The first-order valence-electron chi connectivity index (χ1n) is 12.1. The smallest absolute Gasteiger partial charge is 0.346 e. The highest BCUT2D eigenvalue weighted by atomic mass is 19.4. The number of fused-ring (bicyclic) bond motifs is 3. The molecule has 0 spiro atoms. The number of nitrogens with zero attached hydrogens (tertiary/aromatic N) is 1. The Morgan fingerprint density at radius 1 is 0.711 bits per heavy atom. The van der Waals surface area contributed by atoms with Gasteiger partial charge in [0.2, 0.25) is 0 Å². The highest BCUT2D eigenvalue weighted by Crippen LogP contribution is 2.39. The number of hydrogen-bond acceptors (Lipinski definition) is 2. The fraction of sp³-hybridized carbons (Fsp3) is 0.0625. The van der Waals surface area contributed by atoms with Gasteiger partial charge in [-0.2, -0.15) is 13.2 Å². The second-order valence-electron chi connectivity index (χ2n) is 9.19. The SMILES string of the molecule is O=C(NCc1ccccn1)c1ccc2c(-c3ccc(C(F)(F)F)cc3)c3cc4ccccc4cc3cc2c1. The van der Waals surface area contributed by atoms with Crippen molar-refractivity contribution in [3.63, 3.8) is 0 Å². The molecular formula is C32H21F3N2O. The summed E-state index contributed by atoms with van der Waals surface area (Å²) in [7, 11) is 0. The van der Waals surface area contributed by atoms with E-state index in [2.05, 4.69) is 22.4 Å². The Kier molecular flexibility index (Phi) is 5.80. The van der Waals surface area contributed by atoms with Gasteiger partial charge in [0.15, 0.2) is 0 Å². The molecule has 6 rings (SSSR count). The Labute approximate surface area is 216 Å². The molecule has 0 unspecified atom stereocenters. The molecule has 38 heavy (non-hydrogen) atoms. The van der Waals surface area contributed by atoms with Crippen LogP contribution in [-0.2, 0) is 12.7 Å². The lowest BCUT2D eigenvalue weighted by molar-refractivity contribution is -0.137. The third-order valence-corrected chi connectivity index (χ3v) is 6.74. The number of alkyl halides is 3. The average molecular weight is 507 g/mol. The summed E-state index contributed by atoms with van der Waals surface area (Å²) in [4.78, 5) is 17.2. The highest BCUT2D eigenvalue weighted by molar-refractivity contribution is 6.16. The number of aromatic nitrogens is 1. The number of benzene rings is 5. The number of pyridine rings is 1. The van der Waals surface area contributed by atoms with E-state index in [1.165, 1.54) is 12.1 Å². The molecule has 1 N–H and O–H groups in total. The van der Waals surface area contributed by atoms with Crippen molar-refractivity contribution >= 4 is 38.2 Å². The maximum absolute atomic E-state index is 13.3. The van der Waals surface area contributed by atoms with Gasteiger partial charge in [-0.1, -0.05) is 48.5 Å². The summed E-state index contributed by atoms with van der Waals surface area (Å²) in [5.74, 6) is -0.229. The number of nitrogens with one attached hydrogen (secondary N) is 1. The lowest BCUT2D eigenvalue weighted by atomic mass is 9.89. The van der Waals surface area contributed by atoms with E-state index in [1.807, 2.05) is 60.7 Å². The van der Waals surface area contributed by atoms with Crippen LogP contribution in [0.2, 0.25) is 0 Å². The van der Waals surface area contributed by atoms with Crippen LogP contribution in [0.1, 0.15) is 21.6 Å². The minimum Gasteiger partial charge on any atom is -0.346 e. The molecule has 0 saturated carbocycles. The Bertz CT molecular complexity index is 1810. The molecule has 0 aliphatic carbocycles. The molecule has 0 saturated heterocycles. The van der Waals surface area contributed by atoms with E-state index in [0.29, 0.717) is 17.7 Å². The van der Waals surface area contributed by atoms with E-state index >= 15 is 0 Å². The first kappa shape index (κ1) is 23.7. The van der Waals surface area contributed by atoms with Crippen molar-refractivity contribution in [3.8, 4) is 11.1 Å². The minimum absolute atomic E-state index is 0.229. The van der Waals surface area contributed by atoms with Crippen molar-refractivity contribution in [1.29, 1.82) is 0 Å². The number of amides is 1. The normalized spacial score (nSPS) is 11.8. The summed E-state index contributed by atoms with van der Waals surface area (Å²) in [6.07, 6.45) is -2.73. The van der Waals surface area contributed by atoms with Crippen LogP contribution in [0.3, 0.4) is 0 Å². The van der Waals surface area contributed by atoms with Crippen LogP contribution >= 0.6 is 0 Å². The maximum atomic E-state index is 13.3. The number of halogens is 3. The monoisotopic (exact) mass is 506 g/mol. The van der Waals surface area contributed by atoms with E-state index in [-0.39, 0.29) is 5.91 Å². The zero-order valence-electron chi connectivity index (χ0n) is 20.1. The number of carbonyl (C=O) groups excluding carboxylic acids is 1. The molecular weight excluding hydrogens is 485 g/mol. The maximum Gasteiger partial charge on any atom is 0.416 e. The van der Waals surface area contributed by atoms with Crippen molar-refractivity contribution in [2.24, 2.45) is 0 Å². The van der Waals surface area contributed by atoms with Crippen molar-refractivity contribution < 1.29 is 18.0 Å². The number of hydrogen-bond donors (Lipinski definition) is 1. The predicted molar refractivity (Wildman–Crippen MR) is 145 cm³/mol. The van der Waals surface area contributed by atoms with Crippen LogP contribution in [-0.4, -0.2) is 10.9 Å².